The van der Waals surface area contributed by atoms with Crippen molar-refractivity contribution in [3.63, 3.8) is 0 Å². The van der Waals surface area contributed by atoms with E-state index in [9.17, 15) is 0 Å². The highest BCUT2D eigenvalue weighted by Gasteiger charge is 2.13. The first-order chi connectivity index (χ1) is 20.3. The molecule has 0 radical (unpaired) electrons. The van der Waals surface area contributed by atoms with Gasteiger partial charge in [0.1, 0.15) is 0 Å². The molecule has 8 aromatic rings. The van der Waals surface area contributed by atoms with Gasteiger partial charge in [-0.2, -0.15) is 0 Å². The van der Waals surface area contributed by atoms with Crippen molar-refractivity contribution in [3.8, 4) is 39.1 Å². The van der Waals surface area contributed by atoms with E-state index in [2.05, 4.69) is 143 Å². The molecule has 0 aliphatic rings. The fraction of sp³-hybridized carbons (Fsp3) is 0. The Hall–Kier alpha value is -5.47. The summed E-state index contributed by atoms with van der Waals surface area (Å²) in [6.45, 7) is 0. The maximum Gasteiger partial charge on any atom is 0.0541 e. The molecule has 0 fully saturated rings. The maximum absolute atomic E-state index is 4.15. The van der Waals surface area contributed by atoms with Crippen LogP contribution in [0, 0.1) is 0 Å². The van der Waals surface area contributed by atoms with Crippen molar-refractivity contribution in [2.45, 2.75) is 0 Å². The number of nitrogens with zero attached hydrogens (tertiary/aromatic N) is 2. The second-order valence-electron chi connectivity index (χ2n) is 10.4. The Kier molecular flexibility index (Phi) is 5.49. The van der Waals surface area contributed by atoms with Gasteiger partial charge in [0.15, 0.2) is 0 Å². The van der Waals surface area contributed by atoms with Crippen LogP contribution in [0.2, 0.25) is 0 Å². The van der Waals surface area contributed by atoms with Crippen LogP contribution in [0.5, 0.6) is 0 Å². The molecule has 0 bridgehead atoms. The smallest absolute Gasteiger partial charge is 0.0541 e. The summed E-state index contributed by atoms with van der Waals surface area (Å²) in [5, 5.41) is 5.07. The van der Waals surface area contributed by atoms with Crippen LogP contribution in [0.15, 0.2) is 158 Å². The summed E-state index contributed by atoms with van der Waals surface area (Å²) >= 11 is 0. The molecule has 2 aromatic heterocycles. The van der Waals surface area contributed by atoms with E-state index in [-0.39, 0.29) is 0 Å². The van der Waals surface area contributed by atoms with Crippen molar-refractivity contribution >= 4 is 32.6 Å². The molecule has 2 heteroatoms. The SMILES string of the molecule is c1cc(-c2ccc(-c3ccncc3)cc2)c2c(-c3ccc(-n4c5ccccc5c5ccccc54)cc3)cccc2c1. The standard InChI is InChI=1S/C39H26N2/c1-3-13-37-35(9-1)36-10-2-4-14-38(36)41(37)32-21-19-30(20-22-32)34-12-6-8-31-7-5-11-33(39(31)34)29-17-15-27(16-18-29)28-23-25-40-26-24-28/h1-26H. The van der Waals surface area contributed by atoms with Crippen LogP contribution >= 0.6 is 0 Å². The molecule has 8 rings (SSSR count). The third kappa shape index (κ3) is 3.92. The van der Waals surface area contributed by atoms with Crippen molar-refractivity contribution in [2.24, 2.45) is 0 Å². The molecule has 0 atom stereocenters. The molecule has 0 aliphatic carbocycles. The van der Waals surface area contributed by atoms with Crippen LogP contribution in [-0.4, -0.2) is 9.55 Å². The number of aromatic nitrogens is 2. The Morgan fingerprint density at radius 1 is 0.390 bits per heavy atom. The molecule has 6 aromatic carbocycles. The number of rotatable bonds is 4. The first-order valence-electron chi connectivity index (χ1n) is 14.0. The van der Waals surface area contributed by atoms with Crippen molar-refractivity contribution < 1.29 is 0 Å². The van der Waals surface area contributed by atoms with Gasteiger partial charge in [0, 0.05) is 28.9 Å². The van der Waals surface area contributed by atoms with Gasteiger partial charge in [-0.3, -0.25) is 4.98 Å². The zero-order chi connectivity index (χ0) is 27.2. The quantitative estimate of drug-likeness (QED) is 0.225. The van der Waals surface area contributed by atoms with Gasteiger partial charge in [0.05, 0.1) is 11.0 Å². The zero-order valence-corrected chi connectivity index (χ0v) is 22.4. The van der Waals surface area contributed by atoms with E-state index in [4.69, 9.17) is 0 Å². The van der Waals surface area contributed by atoms with Gasteiger partial charge in [0.25, 0.3) is 0 Å². The average Bonchev–Trinajstić information content (AvgIpc) is 3.39. The van der Waals surface area contributed by atoms with Crippen LogP contribution in [0.1, 0.15) is 0 Å². The zero-order valence-electron chi connectivity index (χ0n) is 22.4. The van der Waals surface area contributed by atoms with Gasteiger partial charge >= 0.3 is 0 Å². The van der Waals surface area contributed by atoms with Crippen LogP contribution in [0.25, 0.3) is 71.6 Å². The lowest BCUT2D eigenvalue weighted by Crippen LogP contribution is -1.94. The highest BCUT2D eigenvalue weighted by Crippen LogP contribution is 2.38. The third-order valence-electron chi connectivity index (χ3n) is 8.13. The topological polar surface area (TPSA) is 17.8 Å². The normalized spacial score (nSPS) is 11.4. The van der Waals surface area contributed by atoms with E-state index in [1.165, 1.54) is 71.6 Å². The summed E-state index contributed by atoms with van der Waals surface area (Å²) in [7, 11) is 0. The third-order valence-corrected chi connectivity index (χ3v) is 8.13. The van der Waals surface area contributed by atoms with Gasteiger partial charge in [-0.25, -0.2) is 0 Å². The average molecular weight is 523 g/mol. The molecular formula is C39H26N2. The minimum atomic E-state index is 1.17. The van der Waals surface area contributed by atoms with Gasteiger partial charge < -0.3 is 4.57 Å². The van der Waals surface area contributed by atoms with Gasteiger partial charge in [-0.15, -0.1) is 0 Å². The molecule has 0 saturated carbocycles. The number of hydrogen-bond donors (Lipinski definition) is 0. The molecule has 0 spiro atoms. The van der Waals surface area contributed by atoms with E-state index >= 15 is 0 Å². The van der Waals surface area contributed by atoms with Crippen LogP contribution < -0.4 is 0 Å². The Bertz CT molecular complexity index is 2110. The Balaban J connectivity index is 1.24. The number of para-hydroxylation sites is 2. The monoisotopic (exact) mass is 522 g/mol. The maximum atomic E-state index is 4.15. The Labute approximate surface area is 238 Å². The van der Waals surface area contributed by atoms with Crippen molar-refractivity contribution in [1.29, 1.82) is 0 Å². The molecule has 0 aliphatic heterocycles. The van der Waals surface area contributed by atoms with Gasteiger partial charge in [-0.05, 0) is 80.6 Å². The van der Waals surface area contributed by atoms with E-state index < -0.39 is 0 Å². The molecule has 2 nitrogen and oxygen atoms in total. The van der Waals surface area contributed by atoms with E-state index in [1.807, 2.05) is 24.5 Å². The lowest BCUT2D eigenvalue weighted by atomic mass is 9.91. The summed E-state index contributed by atoms with van der Waals surface area (Å²) in [4.78, 5) is 4.15. The first kappa shape index (κ1) is 23.4. The van der Waals surface area contributed by atoms with Crippen LogP contribution in [0.3, 0.4) is 0 Å². The molecule has 0 saturated heterocycles. The van der Waals surface area contributed by atoms with Crippen molar-refractivity contribution in [1.82, 2.24) is 9.55 Å². The minimum absolute atomic E-state index is 1.17. The lowest BCUT2D eigenvalue weighted by Gasteiger charge is -2.14. The highest BCUT2D eigenvalue weighted by atomic mass is 15.0. The Morgan fingerprint density at radius 3 is 1.46 bits per heavy atom. The molecule has 0 amide bonds. The largest absolute Gasteiger partial charge is 0.309 e. The molecule has 0 N–H and O–H groups in total. The minimum Gasteiger partial charge on any atom is -0.309 e. The fourth-order valence-electron chi connectivity index (χ4n) is 6.20. The first-order valence-corrected chi connectivity index (χ1v) is 14.0. The summed E-state index contributed by atoms with van der Waals surface area (Å²) in [5.74, 6) is 0. The van der Waals surface area contributed by atoms with E-state index in [0.717, 1.165) is 0 Å². The number of fused-ring (bicyclic) bond motifs is 4. The van der Waals surface area contributed by atoms with Crippen molar-refractivity contribution in [2.75, 3.05) is 0 Å². The molecule has 192 valence electrons. The Morgan fingerprint density at radius 2 is 0.878 bits per heavy atom. The van der Waals surface area contributed by atoms with Gasteiger partial charge in [-0.1, -0.05) is 109 Å². The number of hydrogen-bond acceptors (Lipinski definition) is 1. The van der Waals surface area contributed by atoms with E-state index in [0.29, 0.717) is 0 Å². The molecule has 41 heavy (non-hydrogen) atoms. The van der Waals surface area contributed by atoms with Crippen LogP contribution in [-0.2, 0) is 0 Å². The second-order valence-corrected chi connectivity index (χ2v) is 10.4. The molecular weight excluding hydrogens is 496 g/mol. The predicted molar refractivity (Wildman–Crippen MR) is 172 cm³/mol. The van der Waals surface area contributed by atoms with E-state index in [1.54, 1.807) is 0 Å². The predicted octanol–water partition coefficient (Wildman–Crippen LogP) is 10.3. The lowest BCUT2D eigenvalue weighted by molar-refractivity contribution is 1.18. The van der Waals surface area contributed by atoms with Gasteiger partial charge in [0.2, 0.25) is 0 Å². The molecule has 0 unspecified atom stereocenters. The second kappa shape index (κ2) is 9.62. The number of benzene rings is 6. The van der Waals surface area contributed by atoms with Crippen LogP contribution in [0.4, 0.5) is 0 Å². The number of pyridine rings is 1. The summed E-state index contributed by atoms with van der Waals surface area (Å²) in [5.41, 5.74) is 10.9. The van der Waals surface area contributed by atoms with Crippen molar-refractivity contribution in [3.05, 3.63) is 158 Å². The summed E-state index contributed by atoms with van der Waals surface area (Å²) < 4.78 is 2.37. The fourth-order valence-corrected chi connectivity index (χ4v) is 6.20. The summed E-state index contributed by atoms with van der Waals surface area (Å²) in [6.07, 6.45) is 3.68. The summed E-state index contributed by atoms with van der Waals surface area (Å²) in [6, 6.07) is 52.5. The highest BCUT2D eigenvalue weighted by molar-refractivity contribution is 6.09. The molecule has 2 heterocycles.